The van der Waals surface area contributed by atoms with Crippen molar-refractivity contribution in [3.8, 4) is 0 Å². The van der Waals surface area contributed by atoms with E-state index in [1.807, 2.05) is 11.3 Å². The van der Waals surface area contributed by atoms with E-state index in [0.717, 1.165) is 24.3 Å². The van der Waals surface area contributed by atoms with Gasteiger partial charge in [0.25, 0.3) is 0 Å². The van der Waals surface area contributed by atoms with Gasteiger partial charge in [0, 0.05) is 6.04 Å². The number of rotatable bonds is 4. The van der Waals surface area contributed by atoms with Crippen LogP contribution < -0.4 is 5.32 Å². The Bertz CT molecular complexity index is 376. The first-order valence-corrected chi connectivity index (χ1v) is 9.05. The van der Waals surface area contributed by atoms with E-state index in [1.165, 1.54) is 27.7 Å². The summed E-state index contributed by atoms with van der Waals surface area (Å²) >= 11 is 4.30. The Balaban J connectivity index is 2.10. The van der Waals surface area contributed by atoms with Gasteiger partial charge in [0.1, 0.15) is 0 Å². The number of halogens is 1. The molecule has 3 heteroatoms. The van der Waals surface area contributed by atoms with Gasteiger partial charge in [0.15, 0.2) is 0 Å². The van der Waals surface area contributed by atoms with Gasteiger partial charge in [-0.15, -0.1) is 11.3 Å². The quantitative estimate of drug-likeness (QED) is 0.722. The third-order valence-electron chi connectivity index (χ3n) is 4.48. The SMILES string of the molecule is CCNC(c1csc(I)c1)C1CCC(C)C(C)C1. The summed E-state index contributed by atoms with van der Waals surface area (Å²) in [6.07, 6.45) is 4.16. The molecule has 0 saturated heterocycles. The lowest BCUT2D eigenvalue weighted by Crippen LogP contribution is -2.33. The van der Waals surface area contributed by atoms with Crippen LogP contribution in [0.4, 0.5) is 0 Å². The van der Waals surface area contributed by atoms with Crippen LogP contribution in [0.15, 0.2) is 11.4 Å². The van der Waals surface area contributed by atoms with E-state index in [9.17, 15) is 0 Å². The van der Waals surface area contributed by atoms with Crippen LogP contribution in [0.5, 0.6) is 0 Å². The van der Waals surface area contributed by atoms with Gasteiger partial charge in [-0.05, 0) is 76.7 Å². The monoisotopic (exact) mass is 377 g/mol. The molecule has 4 unspecified atom stereocenters. The first-order valence-electron chi connectivity index (χ1n) is 7.09. The maximum Gasteiger partial charge on any atom is 0.0656 e. The second kappa shape index (κ2) is 6.71. The van der Waals surface area contributed by atoms with Gasteiger partial charge in [-0.2, -0.15) is 0 Å². The Hall–Kier alpha value is 0.390. The molecule has 1 aliphatic carbocycles. The first-order chi connectivity index (χ1) is 8.61. The molecule has 18 heavy (non-hydrogen) atoms. The van der Waals surface area contributed by atoms with Crippen molar-refractivity contribution >= 4 is 33.9 Å². The van der Waals surface area contributed by atoms with Gasteiger partial charge in [-0.1, -0.05) is 27.2 Å². The van der Waals surface area contributed by atoms with E-state index in [2.05, 4.69) is 60.1 Å². The summed E-state index contributed by atoms with van der Waals surface area (Å²) in [5, 5.41) is 6.07. The highest BCUT2D eigenvalue weighted by Gasteiger charge is 2.30. The molecule has 1 nitrogen and oxygen atoms in total. The molecular formula is C15H24INS. The Morgan fingerprint density at radius 2 is 2.17 bits per heavy atom. The fourth-order valence-corrected chi connectivity index (χ4v) is 4.56. The molecule has 0 amide bonds. The molecular weight excluding hydrogens is 353 g/mol. The van der Waals surface area contributed by atoms with Gasteiger partial charge < -0.3 is 5.32 Å². The summed E-state index contributed by atoms with van der Waals surface area (Å²) in [6.45, 7) is 8.13. The Morgan fingerprint density at radius 1 is 1.39 bits per heavy atom. The molecule has 102 valence electrons. The van der Waals surface area contributed by atoms with Crippen molar-refractivity contribution in [1.82, 2.24) is 5.32 Å². The zero-order valence-corrected chi connectivity index (χ0v) is 14.6. The zero-order valence-electron chi connectivity index (χ0n) is 11.6. The predicted octanol–water partition coefficient (Wildman–Crippen LogP) is 5.08. The lowest BCUT2D eigenvalue weighted by atomic mass is 9.72. The molecule has 1 aromatic heterocycles. The van der Waals surface area contributed by atoms with Crippen molar-refractivity contribution in [2.45, 2.75) is 46.1 Å². The van der Waals surface area contributed by atoms with E-state index >= 15 is 0 Å². The highest BCUT2D eigenvalue weighted by molar-refractivity contribution is 14.1. The number of nitrogens with one attached hydrogen (secondary N) is 1. The Labute approximate surface area is 129 Å². The second-order valence-electron chi connectivity index (χ2n) is 5.75. The molecule has 0 spiro atoms. The topological polar surface area (TPSA) is 12.0 Å². The fraction of sp³-hybridized carbons (Fsp3) is 0.733. The minimum absolute atomic E-state index is 0.574. The van der Waals surface area contributed by atoms with Crippen LogP contribution in [0.3, 0.4) is 0 Å². The van der Waals surface area contributed by atoms with Gasteiger partial charge in [-0.25, -0.2) is 0 Å². The zero-order chi connectivity index (χ0) is 13.1. The van der Waals surface area contributed by atoms with Crippen molar-refractivity contribution in [2.75, 3.05) is 6.54 Å². The van der Waals surface area contributed by atoms with Crippen LogP contribution in [0.2, 0.25) is 0 Å². The van der Waals surface area contributed by atoms with Crippen molar-refractivity contribution in [1.29, 1.82) is 0 Å². The minimum atomic E-state index is 0.574. The molecule has 1 aromatic rings. The van der Waals surface area contributed by atoms with Crippen LogP contribution in [0.1, 0.15) is 51.6 Å². The Kier molecular flexibility index (Phi) is 5.51. The molecule has 0 aromatic carbocycles. The normalized spacial score (nSPS) is 30.3. The average molecular weight is 377 g/mol. The molecule has 4 atom stereocenters. The summed E-state index contributed by atoms with van der Waals surface area (Å²) in [7, 11) is 0. The van der Waals surface area contributed by atoms with E-state index in [4.69, 9.17) is 0 Å². The highest BCUT2D eigenvalue weighted by atomic mass is 127. The number of thiophene rings is 1. The van der Waals surface area contributed by atoms with Crippen LogP contribution in [-0.2, 0) is 0 Å². The third-order valence-corrected chi connectivity index (χ3v) is 6.29. The fourth-order valence-electron chi connectivity index (χ4n) is 3.16. The molecule has 1 N–H and O–H groups in total. The van der Waals surface area contributed by atoms with E-state index in [0.29, 0.717) is 6.04 Å². The largest absolute Gasteiger partial charge is 0.310 e. The Morgan fingerprint density at radius 3 is 2.72 bits per heavy atom. The summed E-state index contributed by atoms with van der Waals surface area (Å²) in [5.74, 6) is 2.61. The summed E-state index contributed by atoms with van der Waals surface area (Å²) < 4.78 is 1.41. The number of hydrogen-bond acceptors (Lipinski definition) is 2. The summed E-state index contributed by atoms with van der Waals surface area (Å²) in [5.41, 5.74) is 1.51. The van der Waals surface area contributed by atoms with Crippen LogP contribution in [0, 0.1) is 20.6 Å². The maximum absolute atomic E-state index is 3.72. The van der Waals surface area contributed by atoms with E-state index in [-0.39, 0.29) is 0 Å². The smallest absolute Gasteiger partial charge is 0.0656 e. The van der Waals surface area contributed by atoms with Gasteiger partial charge in [0.05, 0.1) is 2.88 Å². The van der Waals surface area contributed by atoms with Crippen LogP contribution in [-0.4, -0.2) is 6.54 Å². The third kappa shape index (κ3) is 3.48. The second-order valence-corrected chi connectivity index (χ2v) is 8.55. The van der Waals surface area contributed by atoms with Crippen LogP contribution in [0.25, 0.3) is 0 Å². The first kappa shape index (κ1) is 14.8. The molecule has 1 saturated carbocycles. The number of hydrogen-bond donors (Lipinski definition) is 1. The predicted molar refractivity (Wildman–Crippen MR) is 89.1 cm³/mol. The molecule has 1 fully saturated rings. The average Bonchev–Trinajstić information content (AvgIpc) is 2.76. The molecule has 0 bridgehead atoms. The molecule has 0 aliphatic heterocycles. The highest BCUT2D eigenvalue weighted by Crippen LogP contribution is 2.40. The van der Waals surface area contributed by atoms with Crippen molar-refractivity contribution < 1.29 is 0 Å². The lowest BCUT2D eigenvalue weighted by Gasteiger charge is -2.37. The standard InChI is InChI=1S/C15H24INS/c1-4-17-15(13-8-14(16)18-9-13)12-6-5-10(2)11(3)7-12/h8-12,15,17H,4-7H2,1-3H3. The molecule has 2 rings (SSSR count). The minimum Gasteiger partial charge on any atom is -0.310 e. The maximum atomic E-state index is 3.72. The van der Waals surface area contributed by atoms with Gasteiger partial charge in [0.2, 0.25) is 0 Å². The van der Waals surface area contributed by atoms with Gasteiger partial charge in [-0.3, -0.25) is 0 Å². The van der Waals surface area contributed by atoms with Crippen molar-refractivity contribution in [3.63, 3.8) is 0 Å². The summed E-state index contributed by atoms with van der Waals surface area (Å²) in [4.78, 5) is 0. The van der Waals surface area contributed by atoms with Gasteiger partial charge >= 0.3 is 0 Å². The summed E-state index contributed by atoms with van der Waals surface area (Å²) in [6, 6.07) is 2.94. The molecule has 1 aliphatic rings. The lowest BCUT2D eigenvalue weighted by molar-refractivity contribution is 0.172. The van der Waals surface area contributed by atoms with Crippen molar-refractivity contribution in [2.24, 2.45) is 17.8 Å². The van der Waals surface area contributed by atoms with Crippen LogP contribution >= 0.6 is 33.9 Å². The van der Waals surface area contributed by atoms with Crippen molar-refractivity contribution in [3.05, 3.63) is 19.9 Å². The van der Waals surface area contributed by atoms with E-state index in [1.54, 1.807) is 0 Å². The van der Waals surface area contributed by atoms with E-state index < -0.39 is 0 Å². The molecule has 1 heterocycles. The molecule has 0 radical (unpaired) electrons.